The third-order valence-electron chi connectivity index (χ3n) is 4.89. The van der Waals surface area contributed by atoms with Crippen molar-refractivity contribution in [3.05, 3.63) is 53.6 Å². The molecule has 150 valence electrons. The maximum atomic E-state index is 13.0. The highest BCUT2D eigenvalue weighted by molar-refractivity contribution is 6.12. The molecular weight excluding hydrogens is 374 g/mol. The Balaban J connectivity index is 1.62. The van der Waals surface area contributed by atoms with Crippen LogP contribution in [-0.2, 0) is 4.79 Å². The number of amides is 2. The zero-order valence-corrected chi connectivity index (χ0v) is 16.1. The van der Waals surface area contributed by atoms with Crippen molar-refractivity contribution in [2.45, 2.75) is 25.9 Å². The molecular formula is C22H21NO6. The number of ether oxygens (including phenoxy) is 3. The molecule has 0 saturated heterocycles. The number of hydrogen-bond acceptors (Lipinski definition) is 6. The van der Waals surface area contributed by atoms with E-state index in [0.717, 1.165) is 4.90 Å². The number of fused-ring (bicyclic) bond motifs is 2. The molecule has 2 aliphatic heterocycles. The highest BCUT2D eigenvalue weighted by atomic mass is 16.6. The van der Waals surface area contributed by atoms with Crippen LogP contribution in [0.15, 0.2) is 42.5 Å². The minimum absolute atomic E-state index is 0.273. The van der Waals surface area contributed by atoms with Crippen molar-refractivity contribution in [2.75, 3.05) is 19.8 Å². The number of Topliss-reactive ketones (excluding diaryl/α,β-unsaturated/α-hetero) is 1. The average Bonchev–Trinajstić information content (AvgIpc) is 2.84. The normalized spacial score (nSPS) is 18.0. The molecule has 29 heavy (non-hydrogen) atoms. The van der Waals surface area contributed by atoms with E-state index >= 15 is 0 Å². The Labute approximate surface area is 168 Å². The van der Waals surface area contributed by atoms with Gasteiger partial charge in [0.25, 0.3) is 11.8 Å². The lowest BCUT2D eigenvalue weighted by Gasteiger charge is -2.22. The van der Waals surface area contributed by atoms with Crippen LogP contribution in [0.2, 0.25) is 0 Å². The van der Waals surface area contributed by atoms with Gasteiger partial charge in [0.1, 0.15) is 19.0 Å². The number of ketones is 1. The number of hydrogen-bond donors (Lipinski definition) is 0. The van der Waals surface area contributed by atoms with E-state index in [1.54, 1.807) is 42.5 Å². The Kier molecular flexibility index (Phi) is 5.20. The second-order valence-electron chi connectivity index (χ2n) is 6.90. The summed E-state index contributed by atoms with van der Waals surface area (Å²) in [4.78, 5) is 39.9. The lowest BCUT2D eigenvalue weighted by atomic mass is 10.1. The minimum atomic E-state index is -0.805. The molecule has 0 unspecified atom stereocenters. The summed E-state index contributed by atoms with van der Waals surface area (Å²) in [6.07, 6.45) is 0.354. The molecule has 2 amide bonds. The molecule has 4 rings (SSSR count). The van der Waals surface area contributed by atoms with Gasteiger partial charge in [0.05, 0.1) is 12.1 Å². The second-order valence-corrected chi connectivity index (χ2v) is 6.90. The van der Waals surface area contributed by atoms with Gasteiger partial charge in [-0.1, -0.05) is 25.5 Å². The van der Waals surface area contributed by atoms with Crippen LogP contribution in [0.5, 0.6) is 17.2 Å². The lowest BCUT2D eigenvalue weighted by Crippen LogP contribution is -2.45. The van der Waals surface area contributed by atoms with Crippen LogP contribution < -0.4 is 14.2 Å². The SMILES string of the molecule is CCC[C@H]1Oc2ccccc2C(=O)N(CC(=O)c2ccc3c(c2)OCCO3)C1=O. The van der Waals surface area contributed by atoms with Crippen molar-refractivity contribution < 1.29 is 28.6 Å². The maximum absolute atomic E-state index is 13.0. The molecule has 0 aromatic heterocycles. The number of rotatable bonds is 5. The van der Waals surface area contributed by atoms with E-state index in [0.29, 0.717) is 48.9 Å². The van der Waals surface area contributed by atoms with Crippen LogP contribution in [0, 0.1) is 0 Å². The number of carbonyl (C=O) groups excluding carboxylic acids is 3. The highest BCUT2D eigenvalue weighted by Gasteiger charge is 2.37. The zero-order valence-electron chi connectivity index (χ0n) is 16.1. The zero-order chi connectivity index (χ0) is 20.4. The molecule has 7 heteroatoms. The highest BCUT2D eigenvalue weighted by Crippen LogP contribution is 2.31. The number of benzene rings is 2. The van der Waals surface area contributed by atoms with E-state index in [9.17, 15) is 14.4 Å². The van der Waals surface area contributed by atoms with Gasteiger partial charge in [0.15, 0.2) is 23.4 Å². The molecule has 0 spiro atoms. The van der Waals surface area contributed by atoms with Crippen LogP contribution in [0.3, 0.4) is 0 Å². The summed E-state index contributed by atoms with van der Waals surface area (Å²) >= 11 is 0. The van der Waals surface area contributed by atoms with Gasteiger partial charge in [0, 0.05) is 5.56 Å². The second kappa shape index (κ2) is 7.95. The van der Waals surface area contributed by atoms with Gasteiger partial charge in [0.2, 0.25) is 0 Å². The maximum Gasteiger partial charge on any atom is 0.270 e. The first-order chi connectivity index (χ1) is 14.1. The Morgan fingerprint density at radius 1 is 1.03 bits per heavy atom. The average molecular weight is 395 g/mol. The van der Waals surface area contributed by atoms with Crippen molar-refractivity contribution in [1.82, 2.24) is 4.90 Å². The summed E-state index contributed by atoms with van der Waals surface area (Å²) in [6.45, 7) is 2.42. The lowest BCUT2D eigenvalue weighted by molar-refractivity contribution is -0.135. The molecule has 2 aliphatic rings. The van der Waals surface area contributed by atoms with Crippen molar-refractivity contribution in [3.63, 3.8) is 0 Å². The first-order valence-corrected chi connectivity index (χ1v) is 9.62. The fourth-order valence-electron chi connectivity index (χ4n) is 3.42. The van der Waals surface area contributed by atoms with Gasteiger partial charge in [-0.15, -0.1) is 0 Å². The minimum Gasteiger partial charge on any atom is -0.486 e. The molecule has 0 fully saturated rings. The first-order valence-electron chi connectivity index (χ1n) is 9.62. The fraction of sp³-hybridized carbons (Fsp3) is 0.318. The van der Waals surface area contributed by atoms with E-state index < -0.39 is 17.9 Å². The summed E-state index contributed by atoms with van der Waals surface area (Å²) in [5.74, 6) is 0.0131. The number of imide groups is 1. The molecule has 0 N–H and O–H groups in total. The Morgan fingerprint density at radius 2 is 1.79 bits per heavy atom. The predicted octanol–water partition coefficient (Wildman–Crippen LogP) is 2.87. The van der Waals surface area contributed by atoms with Gasteiger partial charge in [-0.3, -0.25) is 19.3 Å². The third-order valence-corrected chi connectivity index (χ3v) is 4.89. The number of carbonyl (C=O) groups is 3. The van der Waals surface area contributed by atoms with Crippen LogP contribution >= 0.6 is 0 Å². The molecule has 0 radical (unpaired) electrons. The molecule has 2 aromatic carbocycles. The van der Waals surface area contributed by atoms with Crippen LogP contribution in [0.25, 0.3) is 0 Å². The molecule has 2 heterocycles. The van der Waals surface area contributed by atoms with E-state index in [-0.39, 0.29) is 17.9 Å². The Hall–Kier alpha value is -3.35. The molecule has 0 saturated carbocycles. The van der Waals surface area contributed by atoms with Gasteiger partial charge < -0.3 is 14.2 Å². The van der Waals surface area contributed by atoms with Gasteiger partial charge >= 0.3 is 0 Å². The van der Waals surface area contributed by atoms with Crippen LogP contribution in [-0.4, -0.2) is 48.4 Å². The molecule has 2 aromatic rings. The Bertz CT molecular complexity index is 970. The van der Waals surface area contributed by atoms with Crippen LogP contribution in [0.4, 0.5) is 0 Å². The number of para-hydroxylation sites is 1. The fourth-order valence-corrected chi connectivity index (χ4v) is 3.42. The molecule has 0 aliphatic carbocycles. The van der Waals surface area contributed by atoms with Crippen molar-refractivity contribution in [3.8, 4) is 17.2 Å². The summed E-state index contributed by atoms with van der Waals surface area (Å²) in [7, 11) is 0. The predicted molar refractivity (Wildman–Crippen MR) is 104 cm³/mol. The largest absolute Gasteiger partial charge is 0.486 e. The molecule has 7 nitrogen and oxygen atoms in total. The van der Waals surface area contributed by atoms with Gasteiger partial charge in [-0.25, -0.2) is 0 Å². The molecule has 0 bridgehead atoms. The van der Waals surface area contributed by atoms with Crippen molar-refractivity contribution in [2.24, 2.45) is 0 Å². The number of nitrogens with zero attached hydrogens (tertiary/aromatic N) is 1. The van der Waals surface area contributed by atoms with E-state index in [2.05, 4.69) is 0 Å². The summed E-state index contributed by atoms with van der Waals surface area (Å²) < 4.78 is 16.8. The van der Waals surface area contributed by atoms with Crippen LogP contribution in [0.1, 0.15) is 40.5 Å². The topological polar surface area (TPSA) is 82.1 Å². The van der Waals surface area contributed by atoms with E-state index in [4.69, 9.17) is 14.2 Å². The summed E-state index contributed by atoms with van der Waals surface area (Å²) in [5, 5.41) is 0. The van der Waals surface area contributed by atoms with Gasteiger partial charge in [-0.2, -0.15) is 0 Å². The summed E-state index contributed by atoms with van der Waals surface area (Å²) in [5.41, 5.74) is 0.620. The Morgan fingerprint density at radius 3 is 2.59 bits per heavy atom. The monoisotopic (exact) mass is 395 g/mol. The first kappa shape index (κ1) is 19.0. The van der Waals surface area contributed by atoms with Crippen molar-refractivity contribution >= 4 is 17.6 Å². The van der Waals surface area contributed by atoms with E-state index in [1.807, 2.05) is 6.92 Å². The third kappa shape index (κ3) is 3.68. The van der Waals surface area contributed by atoms with E-state index in [1.165, 1.54) is 0 Å². The standard InChI is InChI=1S/C22H21NO6/c1-2-5-19-22(26)23(21(25)15-6-3-4-7-17(15)29-19)13-16(24)14-8-9-18-20(12-14)28-11-10-27-18/h3-4,6-9,12,19H,2,5,10-11,13H2,1H3/t19-/m1/s1. The smallest absolute Gasteiger partial charge is 0.270 e. The van der Waals surface area contributed by atoms with Gasteiger partial charge in [-0.05, 0) is 36.8 Å². The quantitative estimate of drug-likeness (QED) is 0.572. The van der Waals surface area contributed by atoms with Crippen molar-refractivity contribution in [1.29, 1.82) is 0 Å². The molecule has 1 atom stereocenters. The summed E-state index contributed by atoms with van der Waals surface area (Å²) in [6, 6.07) is 11.6.